The predicted octanol–water partition coefficient (Wildman–Crippen LogP) is 2.18. The zero-order valence-electron chi connectivity index (χ0n) is 18.0. The van der Waals surface area contributed by atoms with Crippen molar-refractivity contribution in [3.8, 4) is 5.75 Å². The van der Waals surface area contributed by atoms with Crippen LogP contribution in [0.25, 0.3) is 0 Å². The maximum Gasteiger partial charge on any atom is 0.295 e. The van der Waals surface area contributed by atoms with E-state index in [1.807, 2.05) is 32.2 Å². The van der Waals surface area contributed by atoms with Crippen molar-refractivity contribution >= 4 is 29.1 Å². The molecule has 0 saturated carbocycles. The first-order valence-electron chi connectivity index (χ1n) is 10.2. The normalized spacial score (nSPS) is 29.4. The van der Waals surface area contributed by atoms with Crippen molar-refractivity contribution in [3.63, 3.8) is 0 Å². The maximum atomic E-state index is 14.0. The summed E-state index contributed by atoms with van der Waals surface area (Å²) in [4.78, 5) is 26.9. The molecule has 4 rings (SSSR count). The summed E-state index contributed by atoms with van der Waals surface area (Å²) < 4.78 is 5.66. The number of nitrogens with zero attached hydrogens (tertiary/aromatic N) is 1. The Morgan fingerprint density at radius 1 is 1.29 bits per heavy atom. The minimum atomic E-state index is -1.34. The number of aliphatic hydroxyl groups is 1. The lowest BCUT2D eigenvalue weighted by Crippen LogP contribution is -2.68. The van der Waals surface area contributed by atoms with Crippen molar-refractivity contribution < 1.29 is 23.9 Å². The van der Waals surface area contributed by atoms with Crippen molar-refractivity contribution in [2.24, 2.45) is 0 Å². The number of quaternary nitrogens is 1. The predicted molar refractivity (Wildman–Crippen MR) is 118 cm³/mol. The number of hydrogen-bond donors (Lipinski definition) is 3. The molecule has 2 unspecified atom stereocenters. The van der Waals surface area contributed by atoms with Gasteiger partial charge in [0.05, 0.1) is 31.0 Å². The molecule has 0 aromatic heterocycles. The molecule has 2 aromatic rings. The van der Waals surface area contributed by atoms with Crippen LogP contribution < -0.4 is 15.4 Å². The van der Waals surface area contributed by atoms with E-state index in [0.717, 1.165) is 5.56 Å². The minimum Gasteiger partial charge on any atom is -0.496 e. The van der Waals surface area contributed by atoms with E-state index >= 15 is 0 Å². The number of carbonyl (C=O) groups excluding carboxylic acids is 2. The highest BCUT2D eigenvalue weighted by Gasteiger charge is 2.68. The molecule has 2 aliphatic rings. The van der Waals surface area contributed by atoms with Gasteiger partial charge in [0.15, 0.2) is 6.04 Å². The van der Waals surface area contributed by atoms with E-state index in [1.165, 1.54) is 0 Å². The highest BCUT2D eigenvalue weighted by atomic mass is 35.5. The molecule has 2 heterocycles. The van der Waals surface area contributed by atoms with Crippen LogP contribution in [0.2, 0.25) is 5.02 Å². The number of likely N-dealkylation sites (N-methyl/N-ethyl adjacent to an activating group) is 2. The third-order valence-corrected chi connectivity index (χ3v) is 7.02. The highest BCUT2D eigenvalue weighted by Crippen LogP contribution is 2.55. The van der Waals surface area contributed by atoms with Crippen LogP contribution in [-0.2, 0) is 15.1 Å². The Bertz CT molecular complexity index is 1070. The summed E-state index contributed by atoms with van der Waals surface area (Å²) in [6.07, 6.45) is -0.495. The van der Waals surface area contributed by atoms with Gasteiger partial charge in [0, 0.05) is 18.5 Å². The van der Waals surface area contributed by atoms with E-state index in [0.29, 0.717) is 27.6 Å². The summed E-state index contributed by atoms with van der Waals surface area (Å²) in [5, 5.41) is 16.9. The molecule has 4 atom stereocenters. The van der Waals surface area contributed by atoms with Gasteiger partial charge in [0.1, 0.15) is 18.4 Å². The monoisotopic (exact) mass is 444 g/mol. The summed E-state index contributed by atoms with van der Waals surface area (Å²) in [5.41, 5.74) is 1.54. The van der Waals surface area contributed by atoms with Gasteiger partial charge in [-0.05, 0) is 37.3 Å². The van der Waals surface area contributed by atoms with Gasteiger partial charge in [-0.3, -0.25) is 14.1 Å². The number of methoxy groups -OCH3 is 1. The summed E-state index contributed by atoms with van der Waals surface area (Å²) in [6, 6.07) is 10.3. The topological polar surface area (TPSA) is 87.7 Å². The molecule has 8 heteroatoms. The summed E-state index contributed by atoms with van der Waals surface area (Å²) in [6.45, 7) is 2.16. The number of likely N-dealkylation sites (tertiary alicyclic amines) is 1. The standard InChI is InChI=1S/C23H26ClN3O4/c1-13-5-8-20(31-4)17(9-13)23(16-10-14(24)6-7-18(16)26-22(23)30)27(3)12-15(28)11-19(27)21(29)25-2/h5-10,15,19,28H,11-12H2,1-4H3,(H-,25,26,29,30)/p+1/t15-,19+,23?,27?/m0/s1. The van der Waals surface area contributed by atoms with Gasteiger partial charge < -0.3 is 20.5 Å². The molecule has 0 radical (unpaired) electrons. The molecule has 31 heavy (non-hydrogen) atoms. The molecule has 2 aliphatic heterocycles. The second-order valence-corrected chi connectivity index (χ2v) is 8.96. The van der Waals surface area contributed by atoms with Gasteiger partial charge in [0.2, 0.25) is 5.54 Å². The van der Waals surface area contributed by atoms with Crippen molar-refractivity contribution in [2.45, 2.75) is 31.0 Å². The number of fused-ring (bicyclic) bond motifs is 1. The molecule has 0 aliphatic carbocycles. The van der Waals surface area contributed by atoms with Crippen LogP contribution in [0, 0.1) is 6.92 Å². The number of carbonyl (C=O) groups is 2. The molecule has 3 N–H and O–H groups in total. The Kier molecular flexibility index (Phi) is 5.24. The fourth-order valence-electron chi connectivity index (χ4n) is 5.45. The number of rotatable bonds is 4. The number of halogens is 1. The van der Waals surface area contributed by atoms with Crippen LogP contribution >= 0.6 is 11.6 Å². The van der Waals surface area contributed by atoms with Gasteiger partial charge in [0.25, 0.3) is 11.8 Å². The molecule has 1 saturated heterocycles. The molecule has 0 spiro atoms. The van der Waals surface area contributed by atoms with Crippen molar-refractivity contribution in [1.29, 1.82) is 0 Å². The minimum absolute atomic E-state index is 0.0349. The number of anilines is 1. The molecule has 1 fully saturated rings. The molecule has 164 valence electrons. The van der Waals surface area contributed by atoms with E-state index < -0.39 is 17.7 Å². The second-order valence-electron chi connectivity index (χ2n) is 8.53. The molecular weight excluding hydrogens is 418 g/mol. The number of benzene rings is 2. The quantitative estimate of drug-likeness (QED) is 0.631. The first-order valence-corrected chi connectivity index (χ1v) is 10.6. The lowest BCUT2D eigenvalue weighted by atomic mass is 9.78. The molecule has 2 aromatic carbocycles. The first kappa shape index (κ1) is 21.6. The lowest BCUT2D eigenvalue weighted by Gasteiger charge is -2.48. The van der Waals surface area contributed by atoms with Gasteiger partial charge >= 0.3 is 0 Å². The van der Waals surface area contributed by atoms with Crippen molar-refractivity contribution in [3.05, 3.63) is 58.1 Å². The first-order chi connectivity index (χ1) is 14.7. The SMILES string of the molecule is CNC(=O)[C@H]1C[C@H](O)C[N+]1(C)C1(c2cc(C)ccc2OC)C(=O)Nc2ccc(Cl)cc21. The van der Waals surface area contributed by atoms with Crippen LogP contribution in [0.4, 0.5) is 5.69 Å². The number of aryl methyl sites for hydroxylation is 1. The zero-order chi connectivity index (χ0) is 22.6. The van der Waals surface area contributed by atoms with Gasteiger partial charge in [-0.25, -0.2) is 0 Å². The van der Waals surface area contributed by atoms with Crippen LogP contribution in [0.3, 0.4) is 0 Å². The van der Waals surface area contributed by atoms with Crippen molar-refractivity contribution in [1.82, 2.24) is 5.32 Å². The molecule has 2 amide bonds. The Labute approximate surface area is 186 Å². The van der Waals surface area contributed by atoms with E-state index in [9.17, 15) is 14.7 Å². The van der Waals surface area contributed by atoms with Crippen LogP contribution in [0.15, 0.2) is 36.4 Å². The fourth-order valence-corrected chi connectivity index (χ4v) is 5.62. The van der Waals surface area contributed by atoms with Crippen LogP contribution in [0.1, 0.15) is 23.1 Å². The average molecular weight is 445 g/mol. The van der Waals surface area contributed by atoms with Crippen LogP contribution in [-0.4, -0.2) is 61.3 Å². The van der Waals surface area contributed by atoms with Gasteiger partial charge in [-0.1, -0.05) is 23.2 Å². The number of amides is 2. The van der Waals surface area contributed by atoms with E-state index in [1.54, 1.807) is 32.4 Å². The fraction of sp³-hybridized carbons (Fsp3) is 0.391. The number of nitrogens with one attached hydrogen (secondary N) is 2. The number of aliphatic hydroxyl groups excluding tert-OH is 1. The molecule has 0 bridgehead atoms. The smallest absolute Gasteiger partial charge is 0.295 e. The Hall–Kier alpha value is -2.61. The Morgan fingerprint density at radius 3 is 2.71 bits per heavy atom. The number of hydrogen-bond acceptors (Lipinski definition) is 4. The van der Waals surface area contributed by atoms with Gasteiger partial charge in [-0.15, -0.1) is 0 Å². The third-order valence-electron chi connectivity index (χ3n) is 6.78. The van der Waals surface area contributed by atoms with E-state index in [2.05, 4.69) is 10.6 Å². The summed E-state index contributed by atoms with van der Waals surface area (Å²) >= 11 is 6.39. The molecule has 7 nitrogen and oxygen atoms in total. The Balaban J connectivity index is 2.13. The summed E-state index contributed by atoms with van der Waals surface area (Å²) in [5.74, 6) is 0.0254. The van der Waals surface area contributed by atoms with E-state index in [-0.39, 0.29) is 29.3 Å². The largest absolute Gasteiger partial charge is 0.496 e. The average Bonchev–Trinajstić information content (AvgIpc) is 3.20. The number of ether oxygens (including phenoxy) is 1. The van der Waals surface area contributed by atoms with Crippen LogP contribution in [0.5, 0.6) is 5.75 Å². The van der Waals surface area contributed by atoms with Gasteiger partial charge in [-0.2, -0.15) is 0 Å². The summed E-state index contributed by atoms with van der Waals surface area (Å²) in [7, 11) is 4.98. The zero-order valence-corrected chi connectivity index (χ0v) is 18.8. The molecular formula is C23H27ClN3O4+. The highest BCUT2D eigenvalue weighted by molar-refractivity contribution is 6.31. The van der Waals surface area contributed by atoms with E-state index in [4.69, 9.17) is 16.3 Å². The van der Waals surface area contributed by atoms with Crippen molar-refractivity contribution in [2.75, 3.05) is 33.1 Å². The second kappa shape index (κ2) is 7.51. The Morgan fingerprint density at radius 2 is 2.03 bits per heavy atom. The lowest BCUT2D eigenvalue weighted by molar-refractivity contribution is -0.953. The maximum absolute atomic E-state index is 14.0. The third kappa shape index (κ3) is 2.95.